The molecular weight excluding hydrogens is 210 g/mol. The summed E-state index contributed by atoms with van der Waals surface area (Å²) in [6, 6.07) is 0.573. The zero-order chi connectivity index (χ0) is 13.1. The van der Waals surface area contributed by atoms with Crippen molar-refractivity contribution >= 4 is 0 Å². The van der Waals surface area contributed by atoms with Crippen molar-refractivity contribution in [3.8, 4) is 0 Å². The number of nitrogens with zero attached hydrogens (tertiary/aromatic N) is 1. The van der Waals surface area contributed by atoms with Crippen molar-refractivity contribution in [1.82, 2.24) is 4.90 Å². The molecule has 102 valence electrons. The molecule has 1 saturated carbocycles. The Balaban J connectivity index is 2.84. The van der Waals surface area contributed by atoms with E-state index in [-0.39, 0.29) is 6.10 Å². The fourth-order valence-corrected chi connectivity index (χ4v) is 3.40. The standard InChI is InChI=1S/C15H31NO/c1-6-15(4,5)13-10-9-12(17)11-14(13)16(7-2)8-3/h12-14,17H,6-11H2,1-5H3. The van der Waals surface area contributed by atoms with Gasteiger partial charge in [-0.3, -0.25) is 0 Å². The zero-order valence-corrected chi connectivity index (χ0v) is 12.4. The van der Waals surface area contributed by atoms with E-state index in [1.54, 1.807) is 0 Å². The van der Waals surface area contributed by atoms with Crippen molar-refractivity contribution < 1.29 is 5.11 Å². The average molecular weight is 241 g/mol. The summed E-state index contributed by atoms with van der Waals surface area (Å²) < 4.78 is 0. The maximum absolute atomic E-state index is 9.95. The topological polar surface area (TPSA) is 23.5 Å². The van der Waals surface area contributed by atoms with E-state index in [0.29, 0.717) is 11.5 Å². The fraction of sp³-hybridized carbons (Fsp3) is 1.00. The molecule has 0 amide bonds. The summed E-state index contributed by atoms with van der Waals surface area (Å²) in [6.45, 7) is 13.8. The van der Waals surface area contributed by atoms with E-state index < -0.39 is 0 Å². The van der Waals surface area contributed by atoms with Gasteiger partial charge in [-0.15, -0.1) is 0 Å². The number of aliphatic hydroxyl groups excluding tert-OH is 1. The van der Waals surface area contributed by atoms with Crippen LogP contribution in [0.15, 0.2) is 0 Å². The van der Waals surface area contributed by atoms with Gasteiger partial charge in [0.2, 0.25) is 0 Å². The molecular formula is C15H31NO. The third-order valence-electron chi connectivity index (χ3n) is 4.99. The fourth-order valence-electron chi connectivity index (χ4n) is 3.40. The lowest BCUT2D eigenvalue weighted by Crippen LogP contribution is -2.50. The molecule has 0 saturated heterocycles. The molecule has 2 nitrogen and oxygen atoms in total. The highest BCUT2D eigenvalue weighted by Gasteiger charge is 2.40. The van der Waals surface area contributed by atoms with Crippen molar-refractivity contribution in [3.05, 3.63) is 0 Å². The van der Waals surface area contributed by atoms with Crippen molar-refractivity contribution in [2.45, 2.75) is 72.4 Å². The van der Waals surface area contributed by atoms with Gasteiger partial charge in [0.15, 0.2) is 0 Å². The molecule has 0 bridgehead atoms. The van der Waals surface area contributed by atoms with Crippen LogP contribution in [0, 0.1) is 11.3 Å². The van der Waals surface area contributed by atoms with Crippen LogP contribution in [0.3, 0.4) is 0 Å². The summed E-state index contributed by atoms with van der Waals surface area (Å²) in [5.74, 6) is 0.732. The molecule has 1 fully saturated rings. The maximum atomic E-state index is 9.95. The molecule has 1 aliphatic rings. The molecule has 17 heavy (non-hydrogen) atoms. The Kier molecular flexibility index (Phi) is 5.46. The summed E-state index contributed by atoms with van der Waals surface area (Å²) in [4.78, 5) is 2.55. The lowest BCUT2D eigenvalue weighted by molar-refractivity contribution is -0.0147. The van der Waals surface area contributed by atoms with Crippen LogP contribution < -0.4 is 0 Å². The van der Waals surface area contributed by atoms with E-state index in [1.165, 1.54) is 12.8 Å². The van der Waals surface area contributed by atoms with E-state index in [1.807, 2.05) is 0 Å². The van der Waals surface area contributed by atoms with Crippen LogP contribution in [0.1, 0.15) is 60.3 Å². The van der Waals surface area contributed by atoms with E-state index in [2.05, 4.69) is 39.5 Å². The number of rotatable bonds is 5. The molecule has 0 aliphatic heterocycles. The highest BCUT2D eigenvalue weighted by atomic mass is 16.3. The van der Waals surface area contributed by atoms with Crippen molar-refractivity contribution in [2.24, 2.45) is 11.3 Å². The minimum absolute atomic E-state index is 0.0792. The average Bonchev–Trinajstić information content (AvgIpc) is 2.30. The minimum Gasteiger partial charge on any atom is -0.393 e. The Labute approximate surface area is 107 Å². The summed E-state index contributed by atoms with van der Waals surface area (Å²) in [6.07, 6.45) is 4.29. The summed E-state index contributed by atoms with van der Waals surface area (Å²) in [5.41, 5.74) is 0.396. The maximum Gasteiger partial charge on any atom is 0.0555 e. The molecule has 2 heteroatoms. The van der Waals surface area contributed by atoms with Crippen LogP contribution >= 0.6 is 0 Å². The first-order chi connectivity index (χ1) is 7.96. The normalized spacial score (nSPS) is 30.9. The Bertz CT molecular complexity index is 223. The van der Waals surface area contributed by atoms with Crippen LogP contribution in [-0.4, -0.2) is 35.2 Å². The largest absolute Gasteiger partial charge is 0.393 e. The predicted octanol–water partition coefficient (Wildman–Crippen LogP) is 3.29. The SMILES string of the molecule is CCN(CC)C1CC(O)CCC1C(C)(C)CC. The van der Waals surface area contributed by atoms with Gasteiger partial charge in [0, 0.05) is 6.04 Å². The molecule has 0 spiro atoms. The summed E-state index contributed by atoms with van der Waals surface area (Å²) in [5, 5.41) is 9.95. The second-order valence-corrected chi connectivity index (χ2v) is 6.20. The summed E-state index contributed by atoms with van der Waals surface area (Å²) in [7, 11) is 0. The first kappa shape index (κ1) is 15.0. The highest BCUT2D eigenvalue weighted by Crippen LogP contribution is 2.42. The van der Waals surface area contributed by atoms with Gasteiger partial charge in [0.1, 0.15) is 0 Å². The molecule has 0 aromatic heterocycles. The first-order valence-electron chi connectivity index (χ1n) is 7.38. The Morgan fingerprint density at radius 2 is 1.71 bits per heavy atom. The molecule has 1 N–H and O–H groups in total. The third kappa shape index (κ3) is 3.45. The van der Waals surface area contributed by atoms with Gasteiger partial charge in [-0.25, -0.2) is 0 Å². The monoisotopic (exact) mass is 241 g/mol. The lowest BCUT2D eigenvalue weighted by atomic mass is 9.66. The van der Waals surface area contributed by atoms with E-state index >= 15 is 0 Å². The van der Waals surface area contributed by atoms with E-state index in [0.717, 1.165) is 31.8 Å². The summed E-state index contributed by atoms with van der Waals surface area (Å²) >= 11 is 0. The van der Waals surface area contributed by atoms with Crippen LogP contribution in [0.5, 0.6) is 0 Å². The van der Waals surface area contributed by atoms with Gasteiger partial charge in [-0.05, 0) is 43.7 Å². The molecule has 0 heterocycles. The van der Waals surface area contributed by atoms with Crippen LogP contribution in [0.4, 0.5) is 0 Å². The van der Waals surface area contributed by atoms with Crippen LogP contribution in [-0.2, 0) is 0 Å². The third-order valence-corrected chi connectivity index (χ3v) is 4.99. The molecule has 0 aromatic rings. The quantitative estimate of drug-likeness (QED) is 0.798. The number of hydrogen-bond donors (Lipinski definition) is 1. The van der Waals surface area contributed by atoms with Gasteiger partial charge >= 0.3 is 0 Å². The van der Waals surface area contributed by atoms with Gasteiger partial charge in [-0.1, -0.05) is 41.0 Å². The van der Waals surface area contributed by atoms with Gasteiger partial charge in [0.25, 0.3) is 0 Å². The minimum atomic E-state index is -0.0792. The Morgan fingerprint density at radius 1 is 1.12 bits per heavy atom. The molecule has 1 rings (SSSR count). The molecule has 0 aromatic carbocycles. The lowest BCUT2D eigenvalue weighted by Gasteiger charge is -2.47. The second kappa shape index (κ2) is 6.19. The van der Waals surface area contributed by atoms with Crippen LogP contribution in [0.2, 0.25) is 0 Å². The van der Waals surface area contributed by atoms with E-state index in [9.17, 15) is 5.11 Å². The molecule has 1 aliphatic carbocycles. The number of hydrogen-bond acceptors (Lipinski definition) is 2. The molecule has 3 atom stereocenters. The Hall–Kier alpha value is -0.0800. The predicted molar refractivity (Wildman–Crippen MR) is 74.1 cm³/mol. The van der Waals surface area contributed by atoms with Crippen molar-refractivity contribution in [1.29, 1.82) is 0 Å². The van der Waals surface area contributed by atoms with Gasteiger partial charge < -0.3 is 10.0 Å². The number of aliphatic hydroxyl groups is 1. The zero-order valence-electron chi connectivity index (χ0n) is 12.4. The second-order valence-electron chi connectivity index (χ2n) is 6.20. The van der Waals surface area contributed by atoms with Crippen LogP contribution in [0.25, 0.3) is 0 Å². The van der Waals surface area contributed by atoms with E-state index in [4.69, 9.17) is 0 Å². The van der Waals surface area contributed by atoms with Crippen molar-refractivity contribution in [3.63, 3.8) is 0 Å². The first-order valence-corrected chi connectivity index (χ1v) is 7.38. The van der Waals surface area contributed by atoms with Gasteiger partial charge in [0.05, 0.1) is 6.10 Å². The highest BCUT2D eigenvalue weighted by molar-refractivity contribution is 4.93. The molecule has 0 radical (unpaired) electrons. The van der Waals surface area contributed by atoms with Gasteiger partial charge in [-0.2, -0.15) is 0 Å². The Morgan fingerprint density at radius 3 is 2.18 bits per heavy atom. The molecule has 3 unspecified atom stereocenters. The smallest absolute Gasteiger partial charge is 0.0555 e. The van der Waals surface area contributed by atoms with Crippen molar-refractivity contribution in [2.75, 3.05) is 13.1 Å².